The van der Waals surface area contributed by atoms with E-state index in [0.717, 1.165) is 17.9 Å². The van der Waals surface area contributed by atoms with Gasteiger partial charge in [0.2, 0.25) is 0 Å². The maximum Gasteiger partial charge on any atom is 0.137 e. The van der Waals surface area contributed by atoms with E-state index in [1.54, 1.807) is 0 Å². The molecule has 2 aromatic heterocycles. The first kappa shape index (κ1) is 11.9. The molecule has 92 valence electrons. The first-order valence-corrected chi connectivity index (χ1v) is 6.13. The monoisotopic (exact) mass is 232 g/mol. The Morgan fingerprint density at radius 3 is 2.88 bits per heavy atom. The van der Waals surface area contributed by atoms with Gasteiger partial charge in [-0.1, -0.05) is 13.3 Å². The van der Waals surface area contributed by atoms with Gasteiger partial charge in [-0.2, -0.15) is 0 Å². The van der Waals surface area contributed by atoms with Crippen molar-refractivity contribution >= 4 is 11.3 Å². The van der Waals surface area contributed by atoms with Crippen LogP contribution in [0.15, 0.2) is 24.5 Å². The highest BCUT2D eigenvalue weighted by Crippen LogP contribution is 2.15. The third-order valence-corrected chi connectivity index (χ3v) is 2.98. The molecule has 0 bridgehead atoms. The van der Waals surface area contributed by atoms with Gasteiger partial charge in [0.05, 0.1) is 11.4 Å². The zero-order chi connectivity index (χ0) is 12.3. The van der Waals surface area contributed by atoms with Gasteiger partial charge in [-0.3, -0.25) is 0 Å². The molecule has 0 saturated carbocycles. The highest BCUT2D eigenvalue weighted by molar-refractivity contribution is 5.52. The predicted molar refractivity (Wildman–Crippen MR) is 71.3 cm³/mol. The highest BCUT2D eigenvalue weighted by Gasteiger charge is 2.04. The maximum absolute atomic E-state index is 5.59. The number of aromatic nitrogens is 2. The molecule has 0 fully saturated rings. The number of hydrogen-bond donors (Lipinski definition) is 1. The molecule has 17 heavy (non-hydrogen) atoms. The minimum absolute atomic E-state index is 0.489. The minimum atomic E-state index is 0.489. The van der Waals surface area contributed by atoms with Crippen LogP contribution in [0.25, 0.3) is 5.65 Å². The summed E-state index contributed by atoms with van der Waals surface area (Å²) in [5.74, 6) is 0. The van der Waals surface area contributed by atoms with Gasteiger partial charge in [0.1, 0.15) is 5.65 Å². The molecule has 2 N–H and O–H groups in total. The van der Waals surface area contributed by atoms with Gasteiger partial charge in [0.15, 0.2) is 0 Å². The fourth-order valence-corrected chi connectivity index (χ4v) is 1.88. The molecule has 0 aliphatic rings. The van der Waals surface area contributed by atoms with E-state index in [-0.39, 0.29) is 0 Å². The van der Waals surface area contributed by atoms with E-state index < -0.39 is 0 Å². The molecular formula is C13H20N4. The number of anilines is 1. The molecule has 0 amide bonds. The van der Waals surface area contributed by atoms with E-state index >= 15 is 0 Å². The molecule has 0 radical (unpaired) electrons. The zero-order valence-corrected chi connectivity index (χ0v) is 10.6. The van der Waals surface area contributed by atoms with Crippen molar-refractivity contribution in [2.75, 3.05) is 18.5 Å². The van der Waals surface area contributed by atoms with Crippen molar-refractivity contribution < 1.29 is 0 Å². The molecule has 0 atom stereocenters. The van der Waals surface area contributed by atoms with Crippen LogP contribution in [-0.2, 0) is 6.54 Å². The largest absolute Gasteiger partial charge is 0.373 e. The van der Waals surface area contributed by atoms with Crippen molar-refractivity contribution in [3.05, 3.63) is 30.2 Å². The van der Waals surface area contributed by atoms with E-state index in [1.165, 1.54) is 18.5 Å². The van der Waals surface area contributed by atoms with Gasteiger partial charge in [-0.05, 0) is 18.6 Å². The van der Waals surface area contributed by atoms with Crippen LogP contribution in [0.2, 0.25) is 0 Å². The predicted octanol–water partition coefficient (Wildman–Crippen LogP) is 2.03. The van der Waals surface area contributed by atoms with Gasteiger partial charge in [0, 0.05) is 32.5 Å². The fraction of sp³-hybridized carbons (Fsp3) is 0.462. The number of pyridine rings is 1. The normalized spacial score (nSPS) is 11.0. The molecule has 4 heteroatoms. The number of unbranched alkanes of at least 4 members (excludes halogenated alkanes) is 1. The van der Waals surface area contributed by atoms with Crippen LogP contribution in [0, 0.1) is 0 Å². The molecule has 0 aromatic carbocycles. The molecule has 0 unspecified atom stereocenters. The van der Waals surface area contributed by atoms with E-state index in [4.69, 9.17) is 5.73 Å². The van der Waals surface area contributed by atoms with Gasteiger partial charge in [-0.25, -0.2) is 4.98 Å². The lowest BCUT2D eigenvalue weighted by Crippen LogP contribution is -2.18. The first-order valence-electron chi connectivity index (χ1n) is 6.13. The van der Waals surface area contributed by atoms with E-state index in [9.17, 15) is 0 Å². The third kappa shape index (κ3) is 2.58. The Kier molecular flexibility index (Phi) is 3.64. The second kappa shape index (κ2) is 5.19. The maximum atomic E-state index is 5.59. The van der Waals surface area contributed by atoms with Gasteiger partial charge in [-0.15, -0.1) is 0 Å². The summed E-state index contributed by atoms with van der Waals surface area (Å²) in [7, 11) is 2.12. The quantitative estimate of drug-likeness (QED) is 0.858. The van der Waals surface area contributed by atoms with Crippen molar-refractivity contribution in [1.82, 2.24) is 9.38 Å². The molecule has 2 rings (SSSR count). The summed E-state index contributed by atoms with van der Waals surface area (Å²) in [5.41, 5.74) is 8.69. The topological polar surface area (TPSA) is 46.6 Å². The number of fused-ring (bicyclic) bond motifs is 1. The molecular weight excluding hydrogens is 212 g/mol. The number of hydrogen-bond acceptors (Lipinski definition) is 3. The molecule has 0 aliphatic heterocycles. The summed E-state index contributed by atoms with van der Waals surface area (Å²) < 4.78 is 2.04. The van der Waals surface area contributed by atoms with Crippen LogP contribution >= 0.6 is 0 Å². The van der Waals surface area contributed by atoms with E-state index in [1.807, 2.05) is 16.7 Å². The summed E-state index contributed by atoms with van der Waals surface area (Å²) in [6, 6.07) is 4.15. The summed E-state index contributed by atoms with van der Waals surface area (Å²) in [4.78, 5) is 6.68. The van der Waals surface area contributed by atoms with Crippen LogP contribution < -0.4 is 10.6 Å². The second-order valence-corrected chi connectivity index (χ2v) is 4.36. The van der Waals surface area contributed by atoms with Crippen LogP contribution in [0.5, 0.6) is 0 Å². The Labute approximate surface area is 102 Å². The lowest BCUT2D eigenvalue weighted by atomic mass is 10.3. The lowest BCUT2D eigenvalue weighted by Gasteiger charge is -2.18. The third-order valence-electron chi connectivity index (χ3n) is 2.98. The van der Waals surface area contributed by atoms with Gasteiger partial charge >= 0.3 is 0 Å². The Morgan fingerprint density at radius 2 is 2.18 bits per heavy atom. The smallest absolute Gasteiger partial charge is 0.137 e. The van der Waals surface area contributed by atoms with E-state index in [0.29, 0.717) is 6.54 Å². The summed E-state index contributed by atoms with van der Waals surface area (Å²) in [5, 5.41) is 0. The van der Waals surface area contributed by atoms with Crippen LogP contribution in [0.4, 0.5) is 5.69 Å². The van der Waals surface area contributed by atoms with Crippen LogP contribution in [0.3, 0.4) is 0 Å². The molecule has 4 nitrogen and oxygen atoms in total. The molecule has 0 aliphatic carbocycles. The average Bonchev–Trinajstić information content (AvgIpc) is 2.77. The van der Waals surface area contributed by atoms with Crippen molar-refractivity contribution in [2.45, 2.75) is 26.3 Å². The first-order chi connectivity index (χ1) is 8.24. The van der Waals surface area contributed by atoms with Crippen LogP contribution in [0.1, 0.15) is 25.5 Å². The Balaban J connectivity index is 2.24. The molecule has 0 saturated heterocycles. The summed E-state index contributed by atoms with van der Waals surface area (Å²) >= 11 is 0. The summed E-state index contributed by atoms with van der Waals surface area (Å²) in [6.07, 6.45) is 6.53. The molecule has 0 spiro atoms. The number of imidazole rings is 1. The Bertz CT molecular complexity index is 489. The SMILES string of the molecule is CCCCN(C)c1ccc2nc(CN)cn2c1. The highest BCUT2D eigenvalue weighted by atomic mass is 15.1. The van der Waals surface area contributed by atoms with Gasteiger partial charge in [0.25, 0.3) is 0 Å². The fourth-order valence-electron chi connectivity index (χ4n) is 1.88. The van der Waals surface area contributed by atoms with Crippen molar-refractivity contribution in [1.29, 1.82) is 0 Å². The number of nitrogens with zero attached hydrogens (tertiary/aromatic N) is 3. The van der Waals surface area contributed by atoms with Crippen molar-refractivity contribution in [3.63, 3.8) is 0 Å². The molecule has 2 heterocycles. The van der Waals surface area contributed by atoms with Crippen molar-refractivity contribution in [3.8, 4) is 0 Å². The van der Waals surface area contributed by atoms with E-state index in [2.05, 4.69) is 36.1 Å². The van der Waals surface area contributed by atoms with Gasteiger partial charge < -0.3 is 15.0 Å². The average molecular weight is 232 g/mol. The standard InChI is InChI=1S/C13H20N4/c1-3-4-7-16(2)12-5-6-13-15-11(8-14)9-17(13)10-12/h5-6,9-10H,3-4,7-8,14H2,1-2H3. The number of nitrogens with two attached hydrogens (primary N) is 1. The molecule has 2 aromatic rings. The Morgan fingerprint density at radius 1 is 1.35 bits per heavy atom. The zero-order valence-electron chi connectivity index (χ0n) is 10.6. The Hall–Kier alpha value is -1.55. The number of rotatable bonds is 5. The lowest BCUT2D eigenvalue weighted by molar-refractivity contribution is 0.765. The van der Waals surface area contributed by atoms with Crippen molar-refractivity contribution in [2.24, 2.45) is 5.73 Å². The summed E-state index contributed by atoms with van der Waals surface area (Å²) in [6.45, 7) is 3.78. The van der Waals surface area contributed by atoms with Crippen LogP contribution in [-0.4, -0.2) is 23.0 Å². The second-order valence-electron chi connectivity index (χ2n) is 4.36. The minimum Gasteiger partial charge on any atom is -0.373 e.